The van der Waals surface area contributed by atoms with Crippen LogP contribution in [0.25, 0.3) is 0 Å². The lowest BCUT2D eigenvalue weighted by Gasteiger charge is -2.07. The minimum atomic E-state index is -3.74. The first-order chi connectivity index (χ1) is 9.38. The lowest BCUT2D eigenvalue weighted by molar-refractivity contribution is 0.0696. The van der Waals surface area contributed by atoms with Crippen molar-refractivity contribution in [3.05, 3.63) is 52.6 Å². The highest BCUT2D eigenvalue weighted by molar-refractivity contribution is 9.10. The molecule has 0 atom stereocenters. The molecule has 0 saturated carbocycles. The minimum absolute atomic E-state index is 0.0170. The van der Waals surface area contributed by atoms with Gasteiger partial charge in [-0.1, -0.05) is 15.9 Å². The Morgan fingerprint density at radius 3 is 2.30 bits per heavy atom. The van der Waals surface area contributed by atoms with Crippen molar-refractivity contribution >= 4 is 37.7 Å². The second-order valence-electron chi connectivity index (χ2n) is 3.80. The number of sulfonamides is 1. The first-order valence-corrected chi connectivity index (χ1v) is 7.64. The predicted molar refractivity (Wildman–Crippen MR) is 76.1 cm³/mol. The summed E-state index contributed by atoms with van der Waals surface area (Å²) in [5, 5.41) is 8.73. The van der Waals surface area contributed by atoms with Crippen molar-refractivity contribution in [1.29, 1.82) is 0 Å². The van der Waals surface area contributed by atoms with Crippen molar-refractivity contribution in [2.24, 2.45) is 0 Å². The summed E-state index contributed by atoms with van der Waals surface area (Å²) < 4.78 is 27.1. The molecule has 0 spiro atoms. The molecule has 0 bridgehead atoms. The molecule has 8 heteroatoms. The lowest BCUT2D eigenvalue weighted by atomic mass is 10.3. The molecule has 20 heavy (non-hydrogen) atoms. The number of anilines is 1. The van der Waals surface area contributed by atoms with Crippen LogP contribution in [-0.4, -0.2) is 24.5 Å². The number of hydrogen-bond donors (Lipinski definition) is 2. The number of benzene rings is 1. The van der Waals surface area contributed by atoms with Gasteiger partial charge in [0.15, 0.2) is 0 Å². The highest BCUT2D eigenvalue weighted by atomic mass is 79.9. The third-order valence-electron chi connectivity index (χ3n) is 2.37. The summed E-state index contributed by atoms with van der Waals surface area (Å²) in [5.74, 6) is -1.07. The molecular formula is C12H9BrN2O4S. The predicted octanol–water partition coefficient (Wildman–Crippen LogP) is 2.34. The zero-order valence-electron chi connectivity index (χ0n) is 9.95. The third kappa shape index (κ3) is 3.34. The Labute approximate surface area is 123 Å². The average Bonchev–Trinajstić information content (AvgIpc) is 2.39. The monoisotopic (exact) mass is 356 g/mol. The van der Waals surface area contributed by atoms with Gasteiger partial charge in [0, 0.05) is 10.7 Å². The maximum Gasteiger partial charge on any atom is 0.337 e. The van der Waals surface area contributed by atoms with Crippen LogP contribution >= 0.6 is 15.9 Å². The number of halogens is 1. The molecule has 0 aliphatic rings. The van der Waals surface area contributed by atoms with Gasteiger partial charge in [-0.25, -0.2) is 18.2 Å². The molecule has 0 radical (unpaired) electrons. The Balaban J connectivity index is 2.24. The van der Waals surface area contributed by atoms with Crippen LogP contribution in [0.15, 0.2) is 52.0 Å². The minimum Gasteiger partial charge on any atom is -0.478 e. The second kappa shape index (κ2) is 5.59. The van der Waals surface area contributed by atoms with Crippen molar-refractivity contribution in [3.63, 3.8) is 0 Å². The van der Waals surface area contributed by atoms with Gasteiger partial charge in [-0.3, -0.25) is 4.72 Å². The highest BCUT2D eigenvalue weighted by Gasteiger charge is 2.14. The molecule has 0 aliphatic carbocycles. The van der Waals surface area contributed by atoms with E-state index in [2.05, 4.69) is 25.6 Å². The number of nitrogens with one attached hydrogen (secondary N) is 1. The van der Waals surface area contributed by atoms with E-state index < -0.39 is 16.0 Å². The quantitative estimate of drug-likeness (QED) is 0.876. The van der Waals surface area contributed by atoms with E-state index in [4.69, 9.17) is 5.11 Å². The molecule has 2 rings (SSSR count). The molecule has 1 aromatic heterocycles. The van der Waals surface area contributed by atoms with Gasteiger partial charge in [-0.15, -0.1) is 0 Å². The molecular weight excluding hydrogens is 348 g/mol. The number of carboxylic acids is 1. The summed E-state index contributed by atoms with van der Waals surface area (Å²) in [6, 6.07) is 8.66. The number of carbonyl (C=O) groups is 1. The summed E-state index contributed by atoms with van der Waals surface area (Å²) in [4.78, 5) is 14.5. The number of hydrogen-bond acceptors (Lipinski definition) is 4. The summed E-state index contributed by atoms with van der Waals surface area (Å²) in [6.45, 7) is 0. The molecule has 0 unspecified atom stereocenters. The van der Waals surface area contributed by atoms with Crippen molar-refractivity contribution in [1.82, 2.24) is 4.98 Å². The van der Waals surface area contributed by atoms with Crippen molar-refractivity contribution in [3.8, 4) is 0 Å². The first-order valence-electron chi connectivity index (χ1n) is 5.36. The van der Waals surface area contributed by atoms with Crippen LogP contribution in [0, 0.1) is 0 Å². The average molecular weight is 357 g/mol. The maximum atomic E-state index is 12.0. The zero-order chi connectivity index (χ0) is 14.8. The van der Waals surface area contributed by atoms with Crippen LogP contribution in [0.3, 0.4) is 0 Å². The summed E-state index contributed by atoms with van der Waals surface area (Å²) >= 11 is 3.22. The number of rotatable bonds is 4. The second-order valence-corrected chi connectivity index (χ2v) is 6.39. The lowest BCUT2D eigenvalue weighted by Crippen LogP contribution is -2.14. The van der Waals surface area contributed by atoms with Crippen LogP contribution in [0.5, 0.6) is 0 Å². The number of aromatic nitrogens is 1. The summed E-state index contributed by atoms with van der Waals surface area (Å²) in [5.41, 5.74) is -0.0170. The molecule has 104 valence electrons. The largest absolute Gasteiger partial charge is 0.478 e. The van der Waals surface area contributed by atoms with Crippen LogP contribution in [-0.2, 0) is 10.0 Å². The Hall–Kier alpha value is -1.93. The van der Waals surface area contributed by atoms with E-state index in [1.807, 2.05) is 0 Å². The van der Waals surface area contributed by atoms with E-state index >= 15 is 0 Å². The van der Waals surface area contributed by atoms with Crippen molar-refractivity contribution < 1.29 is 18.3 Å². The molecule has 2 N–H and O–H groups in total. The van der Waals surface area contributed by atoms with Crippen LogP contribution in [0.2, 0.25) is 0 Å². The molecule has 0 fully saturated rings. The summed E-state index contributed by atoms with van der Waals surface area (Å²) in [7, 11) is -3.74. The standard InChI is InChI=1S/C12H9BrN2O4S/c13-9-2-4-10(5-3-9)20(18,19)15-11-6-1-8(7-14-11)12(16)17/h1-7H,(H,14,15)(H,16,17). The topological polar surface area (TPSA) is 96.4 Å². The van der Waals surface area contributed by atoms with Gasteiger partial charge >= 0.3 is 5.97 Å². The number of pyridine rings is 1. The fourth-order valence-electron chi connectivity index (χ4n) is 1.39. The van der Waals surface area contributed by atoms with Gasteiger partial charge in [-0.2, -0.15) is 0 Å². The van der Waals surface area contributed by atoms with E-state index in [0.717, 1.165) is 10.7 Å². The van der Waals surface area contributed by atoms with Gasteiger partial charge in [0.25, 0.3) is 10.0 Å². The number of carboxylic acid groups (broad SMARTS) is 1. The van der Waals surface area contributed by atoms with Gasteiger partial charge < -0.3 is 5.11 Å². The normalized spacial score (nSPS) is 11.1. The highest BCUT2D eigenvalue weighted by Crippen LogP contribution is 2.17. The van der Waals surface area contributed by atoms with Crippen molar-refractivity contribution in [2.75, 3.05) is 4.72 Å². The van der Waals surface area contributed by atoms with Gasteiger partial charge in [-0.05, 0) is 36.4 Å². The van der Waals surface area contributed by atoms with E-state index in [1.165, 1.54) is 24.3 Å². The Morgan fingerprint density at radius 2 is 1.80 bits per heavy atom. The van der Waals surface area contributed by atoms with E-state index in [9.17, 15) is 13.2 Å². The van der Waals surface area contributed by atoms with Crippen molar-refractivity contribution in [2.45, 2.75) is 4.90 Å². The van der Waals surface area contributed by atoms with E-state index in [-0.39, 0.29) is 16.3 Å². The maximum absolute atomic E-state index is 12.0. The number of aromatic carboxylic acids is 1. The summed E-state index contributed by atoms with van der Waals surface area (Å²) in [6.07, 6.45) is 1.09. The SMILES string of the molecule is O=C(O)c1ccc(NS(=O)(=O)c2ccc(Br)cc2)nc1. The van der Waals surface area contributed by atoms with Crippen LogP contribution < -0.4 is 4.72 Å². The van der Waals surface area contributed by atoms with Gasteiger partial charge in [0.1, 0.15) is 5.82 Å². The molecule has 0 saturated heterocycles. The molecule has 1 aromatic carbocycles. The Bertz CT molecular complexity index is 727. The smallest absolute Gasteiger partial charge is 0.337 e. The van der Waals surface area contributed by atoms with E-state index in [0.29, 0.717) is 0 Å². The zero-order valence-corrected chi connectivity index (χ0v) is 12.3. The van der Waals surface area contributed by atoms with Gasteiger partial charge in [0.2, 0.25) is 0 Å². The fourth-order valence-corrected chi connectivity index (χ4v) is 2.66. The molecule has 0 aliphatic heterocycles. The van der Waals surface area contributed by atoms with Crippen LogP contribution in [0.1, 0.15) is 10.4 Å². The molecule has 2 aromatic rings. The number of nitrogens with zero attached hydrogens (tertiary/aromatic N) is 1. The van der Waals surface area contributed by atoms with Crippen LogP contribution in [0.4, 0.5) is 5.82 Å². The third-order valence-corrected chi connectivity index (χ3v) is 4.27. The van der Waals surface area contributed by atoms with Gasteiger partial charge in [0.05, 0.1) is 10.5 Å². The first kappa shape index (κ1) is 14.5. The fraction of sp³-hybridized carbons (Fsp3) is 0. The molecule has 0 amide bonds. The Morgan fingerprint density at radius 1 is 1.15 bits per heavy atom. The molecule has 1 heterocycles. The van der Waals surface area contributed by atoms with E-state index in [1.54, 1.807) is 12.1 Å². The molecule has 6 nitrogen and oxygen atoms in total. The Kier molecular flexibility index (Phi) is 4.05.